The maximum absolute atomic E-state index is 11.9. The molecule has 0 unspecified atom stereocenters. The van der Waals surface area contributed by atoms with Crippen LogP contribution < -0.4 is 5.32 Å². The Bertz CT molecular complexity index is 434. The lowest BCUT2D eigenvalue weighted by molar-refractivity contribution is 0.0523. The Hall–Kier alpha value is -1.20. The molecule has 0 atom stereocenters. The standard InChI is InChI=1S/C13H19N3O2.ClH/c1-3-18-13(17)11-8-15-9(2)16-12(11)10-4-6-14-7-5-10;/h8,10,14H,3-7H2,1-2H3;1H. The number of ether oxygens (including phenoxy) is 1. The van der Waals surface area contributed by atoms with Crippen molar-refractivity contribution in [3.05, 3.63) is 23.3 Å². The summed E-state index contributed by atoms with van der Waals surface area (Å²) in [6, 6.07) is 0. The molecule has 1 N–H and O–H groups in total. The Morgan fingerprint density at radius 3 is 2.79 bits per heavy atom. The van der Waals surface area contributed by atoms with Gasteiger partial charge in [0.15, 0.2) is 0 Å². The molecule has 6 heteroatoms. The summed E-state index contributed by atoms with van der Waals surface area (Å²) in [7, 11) is 0. The molecule has 19 heavy (non-hydrogen) atoms. The molecule has 1 fully saturated rings. The van der Waals surface area contributed by atoms with Crippen LogP contribution in [0.2, 0.25) is 0 Å². The van der Waals surface area contributed by atoms with Gasteiger partial charge < -0.3 is 10.1 Å². The van der Waals surface area contributed by atoms with Crippen LogP contribution in [-0.4, -0.2) is 35.6 Å². The summed E-state index contributed by atoms with van der Waals surface area (Å²) in [4.78, 5) is 20.5. The van der Waals surface area contributed by atoms with Gasteiger partial charge in [-0.1, -0.05) is 0 Å². The molecule has 0 aliphatic carbocycles. The number of nitrogens with zero attached hydrogens (tertiary/aromatic N) is 2. The number of carbonyl (C=O) groups is 1. The van der Waals surface area contributed by atoms with Crippen LogP contribution in [0.3, 0.4) is 0 Å². The number of piperidine rings is 1. The van der Waals surface area contributed by atoms with Crippen molar-refractivity contribution in [3.8, 4) is 0 Å². The minimum absolute atomic E-state index is 0. The third-order valence-corrected chi connectivity index (χ3v) is 3.16. The molecule has 2 rings (SSSR count). The van der Waals surface area contributed by atoms with E-state index in [4.69, 9.17) is 4.74 Å². The summed E-state index contributed by atoms with van der Waals surface area (Å²) in [6.07, 6.45) is 3.60. The first-order chi connectivity index (χ1) is 8.72. The van der Waals surface area contributed by atoms with Crippen LogP contribution in [0.25, 0.3) is 0 Å². The van der Waals surface area contributed by atoms with Gasteiger partial charge in [-0.3, -0.25) is 0 Å². The van der Waals surface area contributed by atoms with Crippen molar-refractivity contribution in [2.24, 2.45) is 0 Å². The minimum Gasteiger partial charge on any atom is -0.462 e. The predicted octanol–water partition coefficient (Wildman–Crippen LogP) is 1.85. The largest absolute Gasteiger partial charge is 0.462 e. The Labute approximate surface area is 119 Å². The van der Waals surface area contributed by atoms with Crippen molar-refractivity contribution in [3.63, 3.8) is 0 Å². The molecule has 0 bridgehead atoms. The van der Waals surface area contributed by atoms with Crippen molar-refractivity contribution in [1.29, 1.82) is 0 Å². The lowest BCUT2D eigenvalue weighted by atomic mass is 9.91. The van der Waals surface area contributed by atoms with E-state index in [0.29, 0.717) is 23.9 Å². The zero-order valence-corrected chi connectivity index (χ0v) is 12.1. The molecule has 1 aliphatic heterocycles. The van der Waals surface area contributed by atoms with Crippen molar-refractivity contribution >= 4 is 18.4 Å². The van der Waals surface area contributed by atoms with E-state index in [1.165, 1.54) is 0 Å². The summed E-state index contributed by atoms with van der Waals surface area (Å²) in [6.45, 7) is 5.96. The fraction of sp³-hybridized carbons (Fsp3) is 0.615. The summed E-state index contributed by atoms with van der Waals surface area (Å²) < 4.78 is 5.06. The predicted molar refractivity (Wildman–Crippen MR) is 74.8 cm³/mol. The molecule has 2 heterocycles. The number of rotatable bonds is 3. The quantitative estimate of drug-likeness (QED) is 0.859. The molecular formula is C13H20ClN3O2. The van der Waals surface area contributed by atoms with E-state index in [1.807, 2.05) is 6.92 Å². The number of hydrogen-bond acceptors (Lipinski definition) is 5. The van der Waals surface area contributed by atoms with Crippen molar-refractivity contribution in [1.82, 2.24) is 15.3 Å². The summed E-state index contributed by atoms with van der Waals surface area (Å²) in [5.74, 6) is 0.718. The number of esters is 1. The molecule has 0 saturated carbocycles. The highest BCUT2D eigenvalue weighted by atomic mass is 35.5. The van der Waals surface area contributed by atoms with Gasteiger partial charge in [0.1, 0.15) is 5.82 Å². The van der Waals surface area contributed by atoms with Crippen LogP contribution in [0, 0.1) is 6.92 Å². The van der Waals surface area contributed by atoms with Gasteiger partial charge in [0, 0.05) is 12.1 Å². The Morgan fingerprint density at radius 2 is 2.16 bits per heavy atom. The highest BCUT2D eigenvalue weighted by Crippen LogP contribution is 2.26. The van der Waals surface area contributed by atoms with Crippen molar-refractivity contribution in [2.45, 2.75) is 32.6 Å². The van der Waals surface area contributed by atoms with Crippen LogP contribution in [0.4, 0.5) is 0 Å². The van der Waals surface area contributed by atoms with Gasteiger partial charge in [0.2, 0.25) is 0 Å². The van der Waals surface area contributed by atoms with Gasteiger partial charge in [-0.2, -0.15) is 0 Å². The lowest BCUT2D eigenvalue weighted by Crippen LogP contribution is -2.28. The van der Waals surface area contributed by atoms with Crippen molar-refractivity contribution < 1.29 is 9.53 Å². The van der Waals surface area contributed by atoms with E-state index in [-0.39, 0.29) is 18.4 Å². The normalized spacial score (nSPS) is 15.7. The third-order valence-electron chi connectivity index (χ3n) is 3.16. The third kappa shape index (κ3) is 3.88. The minimum atomic E-state index is -0.314. The fourth-order valence-electron chi connectivity index (χ4n) is 2.26. The highest BCUT2D eigenvalue weighted by Gasteiger charge is 2.24. The van der Waals surface area contributed by atoms with Gasteiger partial charge in [-0.25, -0.2) is 14.8 Å². The molecule has 1 aromatic heterocycles. The second-order valence-corrected chi connectivity index (χ2v) is 4.46. The summed E-state index contributed by atoms with van der Waals surface area (Å²) in [5, 5.41) is 3.31. The van der Waals surface area contributed by atoms with Gasteiger partial charge in [0.05, 0.1) is 17.9 Å². The van der Waals surface area contributed by atoms with E-state index in [2.05, 4.69) is 15.3 Å². The smallest absolute Gasteiger partial charge is 0.341 e. The number of hydrogen-bond donors (Lipinski definition) is 1. The van der Waals surface area contributed by atoms with Crippen LogP contribution in [0.5, 0.6) is 0 Å². The second kappa shape index (κ2) is 7.40. The average molecular weight is 286 g/mol. The molecule has 0 amide bonds. The molecule has 106 valence electrons. The van der Waals surface area contributed by atoms with E-state index in [1.54, 1.807) is 13.1 Å². The maximum atomic E-state index is 11.9. The second-order valence-electron chi connectivity index (χ2n) is 4.46. The number of nitrogens with one attached hydrogen (secondary N) is 1. The van der Waals surface area contributed by atoms with Crippen LogP contribution >= 0.6 is 12.4 Å². The van der Waals surface area contributed by atoms with Gasteiger partial charge in [-0.05, 0) is 39.8 Å². The summed E-state index contributed by atoms with van der Waals surface area (Å²) >= 11 is 0. The van der Waals surface area contributed by atoms with E-state index >= 15 is 0 Å². The Morgan fingerprint density at radius 1 is 1.47 bits per heavy atom. The van der Waals surface area contributed by atoms with Crippen LogP contribution in [0.1, 0.15) is 47.6 Å². The van der Waals surface area contributed by atoms with E-state index in [0.717, 1.165) is 31.6 Å². The maximum Gasteiger partial charge on any atom is 0.341 e. The van der Waals surface area contributed by atoms with E-state index in [9.17, 15) is 4.79 Å². The lowest BCUT2D eigenvalue weighted by Gasteiger charge is -2.23. The fourth-order valence-corrected chi connectivity index (χ4v) is 2.26. The molecule has 0 spiro atoms. The van der Waals surface area contributed by atoms with Gasteiger partial charge in [0.25, 0.3) is 0 Å². The molecule has 1 aliphatic rings. The van der Waals surface area contributed by atoms with Crippen LogP contribution in [0.15, 0.2) is 6.20 Å². The SMILES string of the molecule is CCOC(=O)c1cnc(C)nc1C1CCNCC1.Cl. The van der Waals surface area contributed by atoms with Gasteiger partial charge >= 0.3 is 5.97 Å². The molecule has 0 aromatic carbocycles. The molecular weight excluding hydrogens is 266 g/mol. The Kier molecular flexibility index (Phi) is 6.18. The Balaban J connectivity index is 0.00000180. The van der Waals surface area contributed by atoms with Crippen LogP contribution in [-0.2, 0) is 4.74 Å². The summed E-state index contributed by atoms with van der Waals surface area (Å²) in [5.41, 5.74) is 1.37. The number of aryl methyl sites for hydroxylation is 1. The zero-order valence-electron chi connectivity index (χ0n) is 11.3. The number of aromatic nitrogens is 2. The molecule has 1 saturated heterocycles. The first-order valence-electron chi connectivity index (χ1n) is 6.43. The average Bonchev–Trinajstić information content (AvgIpc) is 2.40. The molecule has 1 aromatic rings. The molecule has 0 radical (unpaired) electrons. The zero-order chi connectivity index (χ0) is 13.0. The monoisotopic (exact) mass is 285 g/mol. The highest BCUT2D eigenvalue weighted by molar-refractivity contribution is 5.90. The topological polar surface area (TPSA) is 64.1 Å². The number of halogens is 1. The van der Waals surface area contributed by atoms with Gasteiger partial charge in [-0.15, -0.1) is 12.4 Å². The molecule has 5 nitrogen and oxygen atoms in total. The first kappa shape index (κ1) is 15.9. The van der Waals surface area contributed by atoms with Crippen molar-refractivity contribution in [2.75, 3.05) is 19.7 Å². The van der Waals surface area contributed by atoms with E-state index < -0.39 is 0 Å². The number of carbonyl (C=O) groups excluding carboxylic acids is 1. The first-order valence-corrected chi connectivity index (χ1v) is 6.43.